The van der Waals surface area contributed by atoms with Gasteiger partial charge in [0.2, 0.25) is 0 Å². The number of benzene rings is 2. The summed E-state index contributed by atoms with van der Waals surface area (Å²) in [5.41, 5.74) is 7.47. The second-order valence-electron chi connectivity index (χ2n) is 4.99. The van der Waals surface area contributed by atoms with Crippen LogP contribution in [0.2, 0.25) is 5.02 Å². The molecule has 3 aromatic rings. The molecule has 0 saturated heterocycles. The third kappa shape index (κ3) is 3.38. The van der Waals surface area contributed by atoms with Crippen molar-refractivity contribution in [1.82, 2.24) is 4.98 Å². The molecular weight excluding hydrogens is 312 g/mol. The van der Waals surface area contributed by atoms with E-state index in [0.717, 1.165) is 16.5 Å². The molecule has 0 saturated carbocycles. The SMILES string of the molecule is CCOc1cc(CN)ccc1Oc1ccnc2cc(Cl)ccc12. The van der Waals surface area contributed by atoms with Gasteiger partial charge in [0.1, 0.15) is 5.75 Å². The van der Waals surface area contributed by atoms with Crippen LogP contribution in [-0.2, 0) is 6.54 Å². The predicted molar refractivity (Wildman–Crippen MR) is 92.3 cm³/mol. The highest BCUT2D eigenvalue weighted by molar-refractivity contribution is 6.31. The van der Waals surface area contributed by atoms with Gasteiger partial charge in [0.15, 0.2) is 11.5 Å². The maximum atomic E-state index is 6.07. The van der Waals surface area contributed by atoms with Crippen LogP contribution in [0.25, 0.3) is 10.9 Å². The molecule has 2 aromatic carbocycles. The minimum atomic E-state index is 0.455. The number of nitrogens with two attached hydrogens (primary N) is 1. The van der Waals surface area contributed by atoms with Crippen LogP contribution in [-0.4, -0.2) is 11.6 Å². The highest BCUT2D eigenvalue weighted by atomic mass is 35.5. The molecule has 0 atom stereocenters. The quantitative estimate of drug-likeness (QED) is 0.747. The van der Waals surface area contributed by atoms with E-state index in [-0.39, 0.29) is 0 Å². The predicted octanol–water partition coefficient (Wildman–Crippen LogP) is 4.54. The topological polar surface area (TPSA) is 57.4 Å². The number of rotatable bonds is 5. The number of halogens is 1. The third-order valence-corrected chi connectivity index (χ3v) is 3.66. The van der Waals surface area contributed by atoms with Gasteiger partial charge in [-0.3, -0.25) is 4.98 Å². The Morgan fingerprint density at radius 1 is 1.04 bits per heavy atom. The largest absolute Gasteiger partial charge is 0.490 e. The summed E-state index contributed by atoms with van der Waals surface area (Å²) in [5, 5.41) is 1.53. The Morgan fingerprint density at radius 2 is 1.91 bits per heavy atom. The summed E-state index contributed by atoms with van der Waals surface area (Å²) in [6, 6.07) is 13.0. The summed E-state index contributed by atoms with van der Waals surface area (Å²) in [4.78, 5) is 4.32. The molecule has 0 unspecified atom stereocenters. The molecule has 4 nitrogen and oxygen atoms in total. The molecule has 0 bridgehead atoms. The van der Waals surface area contributed by atoms with E-state index in [9.17, 15) is 0 Å². The molecular formula is C18H17ClN2O2. The van der Waals surface area contributed by atoms with Gasteiger partial charge in [0.25, 0.3) is 0 Å². The zero-order chi connectivity index (χ0) is 16.2. The molecule has 2 N–H and O–H groups in total. The van der Waals surface area contributed by atoms with Gasteiger partial charge in [0.05, 0.1) is 12.1 Å². The Bertz CT molecular complexity index is 836. The van der Waals surface area contributed by atoms with E-state index in [1.54, 1.807) is 6.20 Å². The van der Waals surface area contributed by atoms with Crippen molar-refractivity contribution in [1.29, 1.82) is 0 Å². The molecule has 0 aliphatic heterocycles. The van der Waals surface area contributed by atoms with Gasteiger partial charge in [-0.25, -0.2) is 0 Å². The fourth-order valence-electron chi connectivity index (χ4n) is 2.33. The molecule has 0 amide bonds. The Hall–Kier alpha value is -2.30. The second kappa shape index (κ2) is 6.86. The van der Waals surface area contributed by atoms with Gasteiger partial charge in [-0.05, 0) is 48.9 Å². The molecule has 0 aliphatic rings. The monoisotopic (exact) mass is 328 g/mol. The molecule has 118 valence electrons. The smallest absolute Gasteiger partial charge is 0.169 e. The van der Waals surface area contributed by atoms with E-state index < -0.39 is 0 Å². The Balaban J connectivity index is 2.02. The van der Waals surface area contributed by atoms with Crippen LogP contribution >= 0.6 is 11.6 Å². The number of aromatic nitrogens is 1. The maximum absolute atomic E-state index is 6.07. The van der Waals surface area contributed by atoms with Crippen molar-refractivity contribution < 1.29 is 9.47 Å². The average Bonchev–Trinajstić information content (AvgIpc) is 2.56. The van der Waals surface area contributed by atoms with Crippen LogP contribution in [0.1, 0.15) is 12.5 Å². The summed E-state index contributed by atoms with van der Waals surface area (Å²) >= 11 is 6.02. The van der Waals surface area contributed by atoms with Crippen LogP contribution in [0, 0.1) is 0 Å². The zero-order valence-electron chi connectivity index (χ0n) is 12.8. The minimum Gasteiger partial charge on any atom is -0.490 e. The molecule has 23 heavy (non-hydrogen) atoms. The Labute approximate surface area is 139 Å². The van der Waals surface area contributed by atoms with Gasteiger partial charge < -0.3 is 15.2 Å². The van der Waals surface area contributed by atoms with Crippen molar-refractivity contribution >= 4 is 22.5 Å². The van der Waals surface area contributed by atoms with E-state index in [0.29, 0.717) is 35.4 Å². The molecule has 0 radical (unpaired) electrons. The summed E-state index contributed by atoms with van der Waals surface area (Å²) < 4.78 is 11.7. The number of hydrogen-bond acceptors (Lipinski definition) is 4. The van der Waals surface area contributed by atoms with Gasteiger partial charge in [-0.15, -0.1) is 0 Å². The van der Waals surface area contributed by atoms with Gasteiger partial charge in [0, 0.05) is 23.2 Å². The standard InChI is InChI=1S/C18H17ClN2O2/c1-2-22-18-9-12(11-20)3-6-17(18)23-16-7-8-21-15-10-13(19)4-5-14(15)16/h3-10H,2,11,20H2,1H3. The maximum Gasteiger partial charge on any atom is 0.169 e. The Morgan fingerprint density at radius 3 is 2.70 bits per heavy atom. The fourth-order valence-corrected chi connectivity index (χ4v) is 2.50. The first-order valence-corrected chi connectivity index (χ1v) is 7.77. The summed E-state index contributed by atoms with van der Waals surface area (Å²) in [6.07, 6.45) is 1.70. The van der Waals surface area contributed by atoms with Gasteiger partial charge in [-0.1, -0.05) is 17.7 Å². The van der Waals surface area contributed by atoms with Crippen molar-refractivity contribution in [3.8, 4) is 17.2 Å². The lowest BCUT2D eigenvalue weighted by Crippen LogP contribution is -2.00. The number of fused-ring (bicyclic) bond motifs is 1. The number of pyridine rings is 1. The molecule has 0 aliphatic carbocycles. The van der Waals surface area contributed by atoms with Crippen LogP contribution in [0.4, 0.5) is 0 Å². The van der Waals surface area contributed by atoms with Gasteiger partial charge in [-0.2, -0.15) is 0 Å². The van der Waals surface area contributed by atoms with Crippen LogP contribution in [0.3, 0.4) is 0 Å². The summed E-state index contributed by atoms with van der Waals surface area (Å²) in [6.45, 7) is 2.94. The summed E-state index contributed by atoms with van der Waals surface area (Å²) in [7, 11) is 0. The van der Waals surface area contributed by atoms with E-state index in [4.69, 9.17) is 26.8 Å². The van der Waals surface area contributed by atoms with E-state index in [2.05, 4.69) is 4.98 Å². The lowest BCUT2D eigenvalue weighted by Gasteiger charge is -2.14. The third-order valence-electron chi connectivity index (χ3n) is 3.43. The van der Waals surface area contributed by atoms with E-state index >= 15 is 0 Å². The number of hydrogen-bond donors (Lipinski definition) is 1. The van der Waals surface area contributed by atoms with Crippen molar-refractivity contribution in [2.45, 2.75) is 13.5 Å². The van der Waals surface area contributed by atoms with Crippen LogP contribution < -0.4 is 15.2 Å². The van der Waals surface area contributed by atoms with E-state index in [1.165, 1.54) is 0 Å². The van der Waals surface area contributed by atoms with Crippen molar-refractivity contribution in [2.24, 2.45) is 5.73 Å². The normalized spacial score (nSPS) is 10.7. The first kappa shape index (κ1) is 15.6. The van der Waals surface area contributed by atoms with Crippen molar-refractivity contribution in [3.63, 3.8) is 0 Å². The minimum absolute atomic E-state index is 0.455. The zero-order valence-corrected chi connectivity index (χ0v) is 13.5. The first-order chi connectivity index (χ1) is 11.2. The molecule has 1 heterocycles. The molecule has 0 spiro atoms. The highest BCUT2D eigenvalue weighted by Gasteiger charge is 2.10. The molecule has 0 fully saturated rings. The molecule has 3 rings (SSSR count). The second-order valence-corrected chi connectivity index (χ2v) is 5.43. The number of nitrogens with zero attached hydrogens (tertiary/aromatic N) is 1. The van der Waals surface area contributed by atoms with Crippen molar-refractivity contribution in [3.05, 3.63) is 59.2 Å². The molecule has 5 heteroatoms. The summed E-state index contributed by atoms with van der Waals surface area (Å²) in [5.74, 6) is 2.02. The van der Waals surface area contributed by atoms with Crippen LogP contribution in [0.15, 0.2) is 48.7 Å². The average molecular weight is 329 g/mol. The Kier molecular flexibility index (Phi) is 4.65. The van der Waals surface area contributed by atoms with E-state index in [1.807, 2.05) is 49.4 Å². The van der Waals surface area contributed by atoms with Crippen LogP contribution in [0.5, 0.6) is 17.2 Å². The number of ether oxygens (including phenoxy) is 2. The lowest BCUT2D eigenvalue weighted by atomic mass is 10.2. The van der Waals surface area contributed by atoms with Crippen molar-refractivity contribution in [2.75, 3.05) is 6.61 Å². The fraction of sp³-hybridized carbons (Fsp3) is 0.167. The first-order valence-electron chi connectivity index (χ1n) is 7.39. The van der Waals surface area contributed by atoms with Gasteiger partial charge >= 0.3 is 0 Å². The highest BCUT2D eigenvalue weighted by Crippen LogP contribution is 2.35. The molecule has 1 aromatic heterocycles. The lowest BCUT2D eigenvalue weighted by molar-refractivity contribution is 0.321.